The Morgan fingerprint density at radius 3 is 3.04 bits per heavy atom. The standard InChI is InChI=1S/C18H18N2O4/c1-18(2)12-13-6-5-7-14(16(13)23-18)22-11-4-3-9-19-17(21)15-8-10-20-24-15/h5-8,10H,9,11-12H2,1-2H3,(H,19,21). The van der Waals surface area contributed by atoms with Crippen LogP contribution in [0.25, 0.3) is 0 Å². The molecule has 24 heavy (non-hydrogen) atoms. The predicted molar refractivity (Wildman–Crippen MR) is 87.0 cm³/mol. The molecule has 6 nitrogen and oxygen atoms in total. The van der Waals surface area contributed by atoms with E-state index < -0.39 is 0 Å². The Morgan fingerprint density at radius 1 is 1.38 bits per heavy atom. The molecule has 1 aliphatic rings. The second-order valence-corrected chi connectivity index (χ2v) is 5.98. The van der Waals surface area contributed by atoms with Crippen LogP contribution in [0, 0.1) is 11.8 Å². The first-order valence-corrected chi connectivity index (χ1v) is 7.63. The van der Waals surface area contributed by atoms with Crippen LogP contribution in [0.5, 0.6) is 11.5 Å². The molecule has 0 unspecified atom stereocenters. The second kappa shape index (κ2) is 6.67. The predicted octanol–water partition coefficient (Wildman–Crippen LogP) is 2.20. The van der Waals surface area contributed by atoms with Crippen molar-refractivity contribution < 1.29 is 18.8 Å². The van der Waals surface area contributed by atoms with Gasteiger partial charge in [0, 0.05) is 18.1 Å². The van der Waals surface area contributed by atoms with E-state index in [1.165, 1.54) is 12.3 Å². The van der Waals surface area contributed by atoms with Crippen LogP contribution < -0.4 is 14.8 Å². The van der Waals surface area contributed by atoms with Gasteiger partial charge in [-0.1, -0.05) is 29.1 Å². The van der Waals surface area contributed by atoms with Gasteiger partial charge in [0.25, 0.3) is 5.91 Å². The van der Waals surface area contributed by atoms with Crippen LogP contribution >= 0.6 is 0 Å². The van der Waals surface area contributed by atoms with Crippen molar-refractivity contribution in [2.24, 2.45) is 0 Å². The van der Waals surface area contributed by atoms with Crippen LogP contribution in [0.4, 0.5) is 0 Å². The molecular formula is C18H18N2O4. The minimum absolute atomic E-state index is 0.160. The van der Waals surface area contributed by atoms with E-state index in [4.69, 9.17) is 14.0 Å². The van der Waals surface area contributed by atoms with E-state index in [1.54, 1.807) is 0 Å². The number of nitrogens with one attached hydrogen (secondary N) is 1. The summed E-state index contributed by atoms with van der Waals surface area (Å²) in [5.41, 5.74) is 0.933. The molecule has 0 aliphatic carbocycles. The second-order valence-electron chi connectivity index (χ2n) is 5.98. The zero-order chi connectivity index (χ0) is 17.0. The Labute approximate surface area is 140 Å². The maximum Gasteiger partial charge on any atom is 0.290 e. The van der Waals surface area contributed by atoms with Crippen molar-refractivity contribution in [3.05, 3.63) is 41.8 Å². The van der Waals surface area contributed by atoms with Crippen molar-refractivity contribution in [3.8, 4) is 23.3 Å². The summed E-state index contributed by atoms with van der Waals surface area (Å²) < 4.78 is 16.4. The minimum Gasteiger partial charge on any atom is -0.483 e. The van der Waals surface area contributed by atoms with Gasteiger partial charge in [0.1, 0.15) is 12.2 Å². The average molecular weight is 326 g/mol. The maximum absolute atomic E-state index is 11.6. The molecule has 0 spiro atoms. The smallest absolute Gasteiger partial charge is 0.290 e. The summed E-state index contributed by atoms with van der Waals surface area (Å²) in [4.78, 5) is 11.6. The zero-order valence-corrected chi connectivity index (χ0v) is 13.6. The normalized spacial score (nSPS) is 14.1. The summed E-state index contributed by atoms with van der Waals surface area (Å²) in [5.74, 6) is 6.98. The van der Waals surface area contributed by atoms with Gasteiger partial charge in [0.2, 0.25) is 5.76 Å². The number of hydrogen-bond acceptors (Lipinski definition) is 5. The van der Waals surface area contributed by atoms with Crippen LogP contribution in [-0.4, -0.2) is 29.8 Å². The van der Waals surface area contributed by atoms with Crippen LogP contribution in [0.15, 0.2) is 35.0 Å². The van der Waals surface area contributed by atoms with Gasteiger partial charge in [0.15, 0.2) is 11.5 Å². The first kappa shape index (κ1) is 15.9. The third kappa shape index (κ3) is 3.69. The Morgan fingerprint density at radius 2 is 2.25 bits per heavy atom. The molecule has 1 N–H and O–H groups in total. The number of rotatable bonds is 4. The summed E-state index contributed by atoms with van der Waals surface area (Å²) in [6.07, 6.45) is 2.27. The molecular weight excluding hydrogens is 308 g/mol. The third-order valence-corrected chi connectivity index (χ3v) is 3.48. The third-order valence-electron chi connectivity index (χ3n) is 3.48. The fourth-order valence-electron chi connectivity index (χ4n) is 2.47. The average Bonchev–Trinajstić information content (AvgIpc) is 3.16. The largest absolute Gasteiger partial charge is 0.483 e. The van der Waals surface area contributed by atoms with Gasteiger partial charge in [-0.2, -0.15) is 0 Å². The molecule has 2 aromatic rings. The van der Waals surface area contributed by atoms with Gasteiger partial charge >= 0.3 is 0 Å². The number of aromatic nitrogens is 1. The van der Waals surface area contributed by atoms with Crippen LogP contribution in [-0.2, 0) is 6.42 Å². The molecule has 6 heteroatoms. The van der Waals surface area contributed by atoms with Crippen molar-refractivity contribution in [2.45, 2.75) is 25.9 Å². The molecule has 1 aromatic heterocycles. The molecule has 3 rings (SSSR count). The highest BCUT2D eigenvalue weighted by Crippen LogP contribution is 2.41. The fourth-order valence-corrected chi connectivity index (χ4v) is 2.47. The van der Waals surface area contributed by atoms with Gasteiger partial charge in [-0.3, -0.25) is 4.79 Å². The van der Waals surface area contributed by atoms with Crippen molar-refractivity contribution in [1.29, 1.82) is 0 Å². The Hall–Kier alpha value is -2.94. The quantitative estimate of drug-likeness (QED) is 0.872. The van der Waals surface area contributed by atoms with E-state index in [-0.39, 0.29) is 30.4 Å². The molecule has 124 valence electrons. The molecule has 0 bridgehead atoms. The lowest BCUT2D eigenvalue weighted by atomic mass is 10.0. The highest BCUT2D eigenvalue weighted by Gasteiger charge is 2.32. The monoisotopic (exact) mass is 326 g/mol. The Kier molecular flexibility index (Phi) is 4.43. The number of fused-ring (bicyclic) bond motifs is 1. The number of para-hydroxylation sites is 1. The number of hydrogen-bond donors (Lipinski definition) is 1. The number of amides is 1. The van der Waals surface area contributed by atoms with E-state index in [9.17, 15) is 4.79 Å². The maximum atomic E-state index is 11.6. The van der Waals surface area contributed by atoms with Crippen LogP contribution in [0.1, 0.15) is 30.0 Å². The number of nitrogens with zero attached hydrogens (tertiary/aromatic N) is 1. The highest BCUT2D eigenvalue weighted by molar-refractivity contribution is 5.91. The van der Waals surface area contributed by atoms with E-state index >= 15 is 0 Å². The summed E-state index contributed by atoms with van der Waals surface area (Å²) >= 11 is 0. The van der Waals surface area contributed by atoms with E-state index in [2.05, 4.69) is 22.3 Å². The Bertz CT molecular complexity index is 785. The zero-order valence-electron chi connectivity index (χ0n) is 13.6. The lowest BCUT2D eigenvalue weighted by Crippen LogP contribution is -2.24. The van der Waals surface area contributed by atoms with E-state index in [0.29, 0.717) is 5.75 Å². The SMILES string of the molecule is CC1(C)Cc2cccc(OCC#CCNC(=O)c3ccno3)c2O1. The van der Waals surface area contributed by atoms with Crippen molar-refractivity contribution in [1.82, 2.24) is 10.5 Å². The number of carbonyl (C=O) groups is 1. The summed E-state index contributed by atoms with van der Waals surface area (Å²) in [6, 6.07) is 7.35. The van der Waals surface area contributed by atoms with Gasteiger partial charge in [-0.05, 0) is 19.9 Å². The topological polar surface area (TPSA) is 73.6 Å². The van der Waals surface area contributed by atoms with Crippen molar-refractivity contribution >= 4 is 5.91 Å². The van der Waals surface area contributed by atoms with Gasteiger partial charge < -0.3 is 19.3 Å². The fraction of sp³-hybridized carbons (Fsp3) is 0.333. The van der Waals surface area contributed by atoms with Crippen LogP contribution in [0.3, 0.4) is 0 Å². The summed E-state index contributed by atoms with van der Waals surface area (Å²) in [5, 5.41) is 6.08. The molecule has 0 radical (unpaired) electrons. The van der Waals surface area contributed by atoms with E-state index in [1.807, 2.05) is 32.0 Å². The molecule has 1 amide bonds. The minimum atomic E-state index is -0.348. The first-order valence-electron chi connectivity index (χ1n) is 7.63. The molecule has 0 fully saturated rings. The van der Waals surface area contributed by atoms with Gasteiger partial charge in [0.05, 0.1) is 12.7 Å². The number of benzene rings is 1. The van der Waals surface area contributed by atoms with Gasteiger partial charge in [-0.25, -0.2) is 0 Å². The highest BCUT2D eigenvalue weighted by atomic mass is 16.5. The molecule has 0 atom stereocenters. The van der Waals surface area contributed by atoms with Crippen molar-refractivity contribution in [2.75, 3.05) is 13.2 Å². The lowest BCUT2D eigenvalue weighted by Gasteiger charge is -2.17. The Balaban J connectivity index is 1.48. The number of ether oxygens (including phenoxy) is 2. The number of carbonyl (C=O) groups excluding carboxylic acids is 1. The lowest BCUT2D eigenvalue weighted by molar-refractivity contribution is 0.0922. The summed E-state index contributed by atoms with van der Waals surface area (Å²) in [6.45, 7) is 4.53. The molecule has 0 saturated heterocycles. The summed E-state index contributed by atoms with van der Waals surface area (Å²) in [7, 11) is 0. The molecule has 0 saturated carbocycles. The molecule has 2 heterocycles. The first-order chi connectivity index (χ1) is 11.6. The van der Waals surface area contributed by atoms with Crippen molar-refractivity contribution in [3.63, 3.8) is 0 Å². The van der Waals surface area contributed by atoms with Gasteiger partial charge in [-0.15, -0.1) is 0 Å². The van der Waals surface area contributed by atoms with Crippen LogP contribution in [0.2, 0.25) is 0 Å². The molecule has 1 aliphatic heterocycles. The molecule has 1 aromatic carbocycles. The van der Waals surface area contributed by atoms with E-state index in [0.717, 1.165) is 17.7 Å².